The van der Waals surface area contributed by atoms with Crippen LogP contribution in [0, 0.1) is 12.3 Å². The average molecular weight is 1070 g/mol. The summed E-state index contributed by atoms with van der Waals surface area (Å²) >= 11 is 0. The number of nitrogen functional groups attached to an aromatic ring is 1. The molecule has 81 heavy (non-hydrogen) atoms. The molecule has 0 bridgehead atoms. The van der Waals surface area contributed by atoms with E-state index in [1.54, 1.807) is 51.7 Å². The fourth-order valence-corrected chi connectivity index (χ4v) is 9.29. The lowest BCUT2D eigenvalue weighted by Gasteiger charge is -2.09. The van der Waals surface area contributed by atoms with Crippen molar-refractivity contribution in [2.75, 3.05) is 27.1 Å². The second-order valence-corrected chi connectivity index (χ2v) is 18.6. The van der Waals surface area contributed by atoms with Crippen molar-refractivity contribution in [3.63, 3.8) is 0 Å². The zero-order valence-electron chi connectivity index (χ0n) is 44.6. The number of nitrogens with two attached hydrogens (primary N) is 1. The molecule has 0 saturated heterocycles. The quantitative estimate of drug-likeness (QED) is 0.0643. The molecule has 0 aliphatic carbocycles. The molecule has 0 aliphatic rings. The maximum absolute atomic E-state index is 12.6. The number of fused-ring (bicyclic) bond motifs is 9. The van der Waals surface area contributed by atoms with Gasteiger partial charge in [-0.15, -0.1) is 0 Å². The summed E-state index contributed by atoms with van der Waals surface area (Å²) in [4.78, 5) is 41.4. The number of ether oxygens (including phenoxy) is 3. The van der Waals surface area contributed by atoms with E-state index in [0.29, 0.717) is 67.2 Å². The van der Waals surface area contributed by atoms with E-state index >= 15 is 0 Å². The summed E-state index contributed by atoms with van der Waals surface area (Å²) in [5.74, 6) is 1.90. The van der Waals surface area contributed by atoms with Crippen LogP contribution in [0.2, 0.25) is 0 Å². The van der Waals surface area contributed by atoms with Crippen molar-refractivity contribution >= 4 is 88.0 Å². The Morgan fingerprint density at radius 3 is 1.14 bits per heavy atom. The molecule has 12 heteroatoms. The van der Waals surface area contributed by atoms with Gasteiger partial charge in [0.05, 0.1) is 54.6 Å². The van der Waals surface area contributed by atoms with Crippen molar-refractivity contribution in [3.05, 3.63) is 290 Å². The molecule has 10 aromatic carbocycles. The van der Waals surface area contributed by atoms with Crippen LogP contribution in [0.25, 0.3) is 65.2 Å². The highest BCUT2D eigenvalue weighted by Gasteiger charge is 2.13. The maximum Gasteiger partial charge on any atom is 0.344 e. The second-order valence-electron chi connectivity index (χ2n) is 18.6. The lowest BCUT2D eigenvalue weighted by atomic mass is 10.0. The average Bonchev–Trinajstić information content (AvgIpc) is 3.63. The fourth-order valence-electron chi connectivity index (χ4n) is 9.29. The topological polar surface area (TPSA) is 181 Å². The van der Waals surface area contributed by atoms with Gasteiger partial charge in [0, 0.05) is 61.3 Å². The number of aliphatic imine (C=N–C) groups is 1. The van der Waals surface area contributed by atoms with Gasteiger partial charge in [-0.2, -0.15) is 0 Å². The number of rotatable bonds is 8. The van der Waals surface area contributed by atoms with Crippen LogP contribution >= 0.6 is 0 Å². The van der Waals surface area contributed by atoms with E-state index in [-0.39, 0.29) is 11.3 Å². The monoisotopic (exact) mass is 1070 g/mol. The van der Waals surface area contributed by atoms with Gasteiger partial charge in [-0.25, -0.2) is 19.4 Å². The van der Waals surface area contributed by atoms with Gasteiger partial charge in [-0.1, -0.05) is 133 Å². The molecular formula is C69H53N3O9. The fraction of sp³-hybridized carbons (Fsp3) is 0.0580. The maximum atomic E-state index is 12.6. The zero-order chi connectivity index (χ0) is 56.4. The molecule has 398 valence electrons. The Labute approximate surface area is 464 Å². The van der Waals surface area contributed by atoms with Crippen LogP contribution in [0.1, 0.15) is 27.8 Å². The van der Waals surface area contributed by atoms with Crippen LogP contribution in [0.4, 0.5) is 11.4 Å². The molecule has 0 spiro atoms. The summed E-state index contributed by atoms with van der Waals surface area (Å²) in [5.41, 5.74) is 13.9. The molecule has 0 amide bonds. The summed E-state index contributed by atoms with van der Waals surface area (Å²) in [6, 6.07) is 72.7. The Bertz CT molecular complexity index is 4410. The first kappa shape index (κ1) is 53.5. The van der Waals surface area contributed by atoms with Crippen LogP contribution in [-0.4, -0.2) is 32.8 Å². The van der Waals surface area contributed by atoms with Gasteiger partial charge < -0.3 is 33.2 Å². The molecule has 3 heterocycles. The second kappa shape index (κ2) is 24.2. The van der Waals surface area contributed by atoms with Gasteiger partial charge in [0.2, 0.25) is 0 Å². The van der Waals surface area contributed by atoms with Gasteiger partial charge in [0.15, 0.2) is 0 Å². The van der Waals surface area contributed by atoms with E-state index in [4.69, 9.17) is 43.6 Å². The molecule has 13 aromatic rings. The van der Waals surface area contributed by atoms with Crippen LogP contribution in [-0.2, 0) is 0 Å². The van der Waals surface area contributed by atoms with Gasteiger partial charge in [0.1, 0.15) is 34.0 Å². The highest BCUT2D eigenvalue weighted by Crippen LogP contribution is 2.31. The minimum Gasteiger partial charge on any atom is -0.497 e. The Kier molecular flexibility index (Phi) is 16.0. The number of hydrogen-bond donors (Lipinski definition) is 2. The van der Waals surface area contributed by atoms with Gasteiger partial charge in [-0.05, 0) is 109 Å². The van der Waals surface area contributed by atoms with Crippen molar-refractivity contribution in [1.82, 2.24) is 0 Å². The zero-order valence-corrected chi connectivity index (χ0v) is 44.6. The molecule has 0 aliphatic heterocycles. The lowest BCUT2D eigenvalue weighted by Crippen LogP contribution is -2.02. The molecule has 0 saturated carbocycles. The first-order chi connectivity index (χ1) is 39.5. The number of nitrogens with zero attached hydrogens (tertiary/aromatic N) is 1. The third kappa shape index (κ3) is 12.0. The lowest BCUT2D eigenvalue weighted by molar-refractivity contribution is 0.415. The molecule has 3 aromatic heterocycles. The van der Waals surface area contributed by atoms with Gasteiger partial charge in [0.25, 0.3) is 0 Å². The van der Waals surface area contributed by atoms with Crippen LogP contribution in [0.5, 0.6) is 17.2 Å². The predicted molar refractivity (Wildman–Crippen MR) is 326 cm³/mol. The number of anilines is 1. The largest absolute Gasteiger partial charge is 0.497 e. The summed E-state index contributed by atoms with van der Waals surface area (Å²) < 4.78 is 31.7. The minimum absolute atomic E-state index is 0.331. The molecule has 0 unspecified atom stereocenters. The Hall–Kier alpha value is -10.9. The van der Waals surface area contributed by atoms with Gasteiger partial charge in [-0.3, -0.25) is 5.41 Å². The number of aryl methyl sites for hydroxylation is 1. The van der Waals surface area contributed by atoms with E-state index < -0.39 is 5.63 Å². The van der Waals surface area contributed by atoms with E-state index in [9.17, 15) is 14.4 Å². The molecule has 13 rings (SSSR count). The molecule has 0 radical (unpaired) electrons. The number of benzene rings is 10. The molecule has 12 nitrogen and oxygen atoms in total. The number of methoxy groups -OCH3 is 3. The molecule has 3 N–H and O–H groups in total. The standard InChI is InChI=1S/C27H19NO3.C15H12O3.C14H11NO3.C13H11N/c1-30-21-13-15-22-23-14-12-20(16-25(23)31-27(29)24(22)17-21)28-26(18-8-4-2-5-9-18)19-10-6-3-7-11-19;1-9-3-5-12-11-6-4-10(17-2)8-13(11)15(16)18-14(12)7-9;1-17-9-3-5-10-11-4-2-8(15)6-13(11)18-14(16)12(10)7-9;14-13(11-7-3-1-4-8-11)12-9-5-2-6-10-12/h2-17H,1H3;3-8H,1-2H3;2-7H,15H2,1H3;1-10,14H. The molecule has 0 atom stereocenters. The summed E-state index contributed by atoms with van der Waals surface area (Å²) in [6.07, 6.45) is 0. The van der Waals surface area contributed by atoms with Crippen LogP contribution in [0.15, 0.2) is 263 Å². The van der Waals surface area contributed by atoms with Crippen molar-refractivity contribution in [3.8, 4) is 17.2 Å². The van der Waals surface area contributed by atoms with Crippen molar-refractivity contribution in [2.45, 2.75) is 6.92 Å². The smallest absolute Gasteiger partial charge is 0.344 e. The number of nitrogens with one attached hydrogen (secondary N) is 1. The van der Waals surface area contributed by atoms with E-state index in [1.165, 1.54) is 0 Å². The third-order valence-electron chi connectivity index (χ3n) is 13.4. The highest BCUT2D eigenvalue weighted by molar-refractivity contribution is 6.14. The van der Waals surface area contributed by atoms with E-state index in [1.807, 2.05) is 207 Å². The van der Waals surface area contributed by atoms with Crippen molar-refractivity contribution < 1.29 is 27.5 Å². The van der Waals surface area contributed by atoms with Crippen LogP contribution < -0.4 is 36.8 Å². The Morgan fingerprint density at radius 2 is 0.728 bits per heavy atom. The number of hydrogen-bond acceptors (Lipinski definition) is 12. The molecule has 0 fully saturated rings. The van der Waals surface area contributed by atoms with Crippen molar-refractivity contribution in [1.29, 1.82) is 5.41 Å². The Morgan fingerprint density at radius 1 is 0.383 bits per heavy atom. The summed E-state index contributed by atoms with van der Waals surface area (Å²) in [6.45, 7) is 1.97. The van der Waals surface area contributed by atoms with Gasteiger partial charge >= 0.3 is 16.9 Å². The summed E-state index contributed by atoms with van der Waals surface area (Å²) in [5, 5.41) is 14.7. The summed E-state index contributed by atoms with van der Waals surface area (Å²) in [7, 11) is 4.71. The first-order valence-electron chi connectivity index (χ1n) is 25.7. The van der Waals surface area contributed by atoms with E-state index in [0.717, 1.165) is 65.8 Å². The predicted octanol–water partition coefficient (Wildman–Crippen LogP) is 15.0. The highest BCUT2D eigenvalue weighted by atomic mass is 16.5. The SMILES string of the molecule is COc1ccc2c(c1)c(=O)oc1cc(C)ccc12.COc1ccc2c(c1)c(=O)oc1cc(N)ccc12.COc1ccc2c(c1)c(=O)oc1cc(N=C(c3ccccc3)c3ccccc3)ccc12.N=C(c1ccccc1)c1ccccc1. The third-order valence-corrected chi connectivity index (χ3v) is 13.4. The van der Waals surface area contributed by atoms with Crippen molar-refractivity contribution in [2.24, 2.45) is 4.99 Å². The normalized spacial score (nSPS) is 10.7. The minimum atomic E-state index is -0.395. The molecular weight excluding hydrogens is 1010 g/mol. The Balaban J connectivity index is 0.000000128. The first-order valence-corrected chi connectivity index (χ1v) is 25.7. The van der Waals surface area contributed by atoms with E-state index in [2.05, 4.69) is 0 Å². The van der Waals surface area contributed by atoms with Crippen LogP contribution in [0.3, 0.4) is 0 Å².